The van der Waals surface area contributed by atoms with E-state index in [0.717, 1.165) is 25.7 Å². The van der Waals surface area contributed by atoms with Crippen molar-refractivity contribution >= 4 is 23.2 Å². The maximum absolute atomic E-state index is 12.7. The third kappa shape index (κ3) is 1.98. The van der Waals surface area contributed by atoms with E-state index in [1.54, 1.807) is 23.3 Å². The number of hydrogen-bond donors (Lipinski definition) is 0. The summed E-state index contributed by atoms with van der Waals surface area (Å²) in [5, 5.41) is 0. The second-order valence-electron chi connectivity index (χ2n) is 7.42. The van der Waals surface area contributed by atoms with E-state index in [-0.39, 0.29) is 24.3 Å². The van der Waals surface area contributed by atoms with E-state index >= 15 is 0 Å². The van der Waals surface area contributed by atoms with Crippen molar-refractivity contribution in [2.75, 3.05) is 0 Å². The normalized spacial score (nSPS) is 39.7. The molecule has 3 heterocycles. The molecule has 6 nitrogen and oxygen atoms in total. The number of imidazole rings is 1. The number of carbonyl (C=O) groups is 1. The predicted molar refractivity (Wildman–Crippen MR) is 87.3 cm³/mol. The highest BCUT2D eigenvalue weighted by Gasteiger charge is 2.66. The van der Waals surface area contributed by atoms with Crippen molar-refractivity contribution in [1.29, 1.82) is 0 Å². The Hall–Kier alpha value is -1.31. The van der Waals surface area contributed by atoms with Crippen LogP contribution in [0.3, 0.4) is 0 Å². The smallest absolute Gasteiger partial charge is 0.319 e. The minimum absolute atomic E-state index is 0.130. The van der Waals surface area contributed by atoms with Gasteiger partial charge in [0.1, 0.15) is 22.6 Å². The minimum Gasteiger partial charge on any atom is -0.459 e. The first-order chi connectivity index (χ1) is 11.6. The molecule has 0 amide bonds. The highest BCUT2D eigenvalue weighted by molar-refractivity contribution is 7.80. The lowest BCUT2D eigenvalue weighted by atomic mass is 9.72. The minimum atomic E-state index is -0.800. The fourth-order valence-electron chi connectivity index (χ4n) is 4.79. The Bertz CT molecular complexity index is 685. The number of thiocarbonyl (C=S) groups is 1. The summed E-state index contributed by atoms with van der Waals surface area (Å²) in [6.45, 7) is 0. The number of ether oxygens (including phenoxy) is 3. The number of rotatable bonds is 1. The van der Waals surface area contributed by atoms with Crippen LogP contribution in [0.25, 0.3) is 0 Å². The number of nitrogens with zero attached hydrogens (tertiary/aromatic N) is 2. The van der Waals surface area contributed by atoms with Gasteiger partial charge in [-0.1, -0.05) is 18.6 Å². The summed E-state index contributed by atoms with van der Waals surface area (Å²) in [5.41, 5.74) is -0.800. The molecule has 24 heavy (non-hydrogen) atoms. The lowest BCUT2D eigenvalue weighted by molar-refractivity contribution is -0.202. The Morgan fingerprint density at radius 1 is 1.21 bits per heavy atom. The van der Waals surface area contributed by atoms with Crippen molar-refractivity contribution in [3.63, 3.8) is 0 Å². The van der Waals surface area contributed by atoms with Crippen LogP contribution in [-0.2, 0) is 19.0 Å². The molecule has 1 aromatic rings. The largest absolute Gasteiger partial charge is 0.459 e. The summed E-state index contributed by atoms with van der Waals surface area (Å²) >= 11 is 5.64. The average molecular weight is 348 g/mol. The molecule has 4 fully saturated rings. The van der Waals surface area contributed by atoms with Gasteiger partial charge in [0.15, 0.2) is 5.79 Å². The fraction of sp³-hybridized carbons (Fsp3) is 0.706. The molecule has 2 saturated carbocycles. The van der Waals surface area contributed by atoms with Crippen LogP contribution in [0.15, 0.2) is 18.7 Å². The summed E-state index contributed by atoms with van der Waals surface area (Å²) in [6, 6.07) is 0. The van der Waals surface area contributed by atoms with Gasteiger partial charge in [-0.2, -0.15) is 0 Å². The van der Waals surface area contributed by atoms with Crippen molar-refractivity contribution in [2.24, 2.45) is 5.41 Å². The predicted octanol–water partition coefficient (Wildman–Crippen LogP) is 2.21. The first-order valence-corrected chi connectivity index (χ1v) is 9.12. The van der Waals surface area contributed by atoms with E-state index in [9.17, 15) is 4.79 Å². The van der Waals surface area contributed by atoms with Crippen molar-refractivity contribution in [2.45, 2.75) is 69.0 Å². The quantitative estimate of drug-likeness (QED) is 0.573. The number of aromatic nitrogens is 2. The van der Waals surface area contributed by atoms with Gasteiger partial charge < -0.3 is 14.2 Å². The van der Waals surface area contributed by atoms with Gasteiger partial charge in [0.05, 0.1) is 12.4 Å². The SMILES string of the molecule is O=C1O[C@@H]2C[C@]1(C(=S)n1ccnc1)C[C@H]1OC3(CCCCC3)O[C@@H]21. The van der Waals surface area contributed by atoms with E-state index < -0.39 is 11.2 Å². The first-order valence-electron chi connectivity index (χ1n) is 8.71. The topological polar surface area (TPSA) is 62.6 Å². The molecule has 1 aromatic heterocycles. The third-order valence-electron chi connectivity index (χ3n) is 5.96. The molecule has 4 aliphatic rings. The molecule has 2 aliphatic carbocycles. The van der Waals surface area contributed by atoms with E-state index in [0.29, 0.717) is 17.8 Å². The fourth-order valence-corrected chi connectivity index (χ4v) is 5.15. The van der Waals surface area contributed by atoms with Gasteiger partial charge in [-0.15, -0.1) is 0 Å². The van der Waals surface area contributed by atoms with Gasteiger partial charge in [0, 0.05) is 31.7 Å². The molecule has 0 aromatic carbocycles. The zero-order chi connectivity index (χ0) is 16.4. The molecule has 4 atom stereocenters. The van der Waals surface area contributed by atoms with Crippen LogP contribution >= 0.6 is 12.2 Å². The van der Waals surface area contributed by atoms with Crippen molar-refractivity contribution in [3.05, 3.63) is 18.7 Å². The Kier molecular flexibility index (Phi) is 3.18. The Balaban J connectivity index is 1.46. The van der Waals surface area contributed by atoms with Crippen LogP contribution < -0.4 is 0 Å². The summed E-state index contributed by atoms with van der Waals surface area (Å²) in [6.07, 6.45) is 11.0. The van der Waals surface area contributed by atoms with E-state index in [2.05, 4.69) is 4.98 Å². The van der Waals surface area contributed by atoms with Crippen LogP contribution in [0, 0.1) is 5.41 Å². The van der Waals surface area contributed by atoms with Crippen LogP contribution in [0.1, 0.15) is 44.9 Å². The van der Waals surface area contributed by atoms with Crippen molar-refractivity contribution in [3.8, 4) is 0 Å². The highest BCUT2D eigenvalue weighted by Crippen LogP contribution is 2.54. The molecule has 2 bridgehead atoms. The third-order valence-corrected chi connectivity index (χ3v) is 6.56. The average Bonchev–Trinajstić information content (AvgIpc) is 3.27. The summed E-state index contributed by atoms with van der Waals surface area (Å²) in [4.78, 5) is 17.3. The highest BCUT2D eigenvalue weighted by atomic mass is 32.1. The lowest BCUT2D eigenvalue weighted by Gasteiger charge is -2.34. The second-order valence-corrected chi connectivity index (χ2v) is 7.81. The van der Waals surface area contributed by atoms with Gasteiger partial charge in [-0.3, -0.25) is 9.36 Å². The molecule has 5 rings (SSSR count). The molecular weight excluding hydrogens is 328 g/mol. The van der Waals surface area contributed by atoms with Gasteiger partial charge >= 0.3 is 5.97 Å². The maximum atomic E-state index is 12.7. The van der Waals surface area contributed by atoms with Crippen LogP contribution in [0.2, 0.25) is 0 Å². The Labute approximate surface area is 145 Å². The molecule has 128 valence electrons. The zero-order valence-electron chi connectivity index (χ0n) is 13.3. The molecule has 2 saturated heterocycles. The zero-order valence-corrected chi connectivity index (χ0v) is 14.2. The molecule has 0 N–H and O–H groups in total. The van der Waals surface area contributed by atoms with Gasteiger partial charge in [0.2, 0.25) is 0 Å². The number of hydrogen-bond acceptors (Lipinski definition) is 6. The summed E-state index contributed by atoms with van der Waals surface area (Å²) in [7, 11) is 0. The maximum Gasteiger partial charge on any atom is 0.319 e. The standard InChI is InChI=1S/C17H20N2O4S/c20-15-16(14(24)19-7-6-18-10-19)8-11(21-15)13-12(9-16)22-17(23-13)4-2-1-3-5-17/h6-7,10-13H,1-5,8-9H2/t11-,12-,13+,16-/m1/s1. The Morgan fingerprint density at radius 3 is 2.75 bits per heavy atom. The number of fused-ring (bicyclic) bond motifs is 4. The molecule has 0 radical (unpaired) electrons. The molecule has 2 aliphatic heterocycles. The monoisotopic (exact) mass is 348 g/mol. The summed E-state index contributed by atoms with van der Waals surface area (Å²) < 4.78 is 20.1. The van der Waals surface area contributed by atoms with Crippen LogP contribution in [-0.4, -0.2) is 44.6 Å². The Morgan fingerprint density at radius 2 is 2.00 bits per heavy atom. The second kappa shape index (κ2) is 5.09. The van der Waals surface area contributed by atoms with E-state index in [1.807, 2.05) is 0 Å². The van der Waals surface area contributed by atoms with E-state index in [1.165, 1.54) is 6.42 Å². The lowest BCUT2D eigenvalue weighted by Crippen LogP contribution is -2.48. The van der Waals surface area contributed by atoms with Crippen LogP contribution in [0.4, 0.5) is 0 Å². The van der Waals surface area contributed by atoms with Gasteiger partial charge in [-0.25, -0.2) is 4.98 Å². The van der Waals surface area contributed by atoms with Crippen molar-refractivity contribution < 1.29 is 19.0 Å². The molecule has 7 heteroatoms. The molecular formula is C17H20N2O4S. The van der Waals surface area contributed by atoms with Crippen molar-refractivity contribution in [1.82, 2.24) is 9.55 Å². The van der Waals surface area contributed by atoms with Gasteiger partial charge in [-0.05, 0) is 19.3 Å². The number of esters is 1. The van der Waals surface area contributed by atoms with Crippen LogP contribution in [0.5, 0.6) is 0 Å². The van der Waals surface area contributed by atoms with E-state index in [4.69, 9.17) is 26.4 Å². The first kappa shape index (κ1) is 15.0. The van der Waals surface area contributed by atoms with Gasteiger partial charge in [0.25, 0.3) is 0 Å². The summed E-state index contributed by atoms with van der Waals surface area (Å²) in [5.74, 6) is -0.715. The number of carbonyl (C=O) groups excluding carboxylic acids is 1. The molecule has 0 unspecified atom stereocenters. The molecule has 1 spiro atoms.